The van der Waals surface area contributed by atoms with Crippen molar-refractivity contribution in [2.75, 3.05) is 6.54 Å². The lowest BCUT2D eigenvalue weighted by molar-refractivity contribution is 0.401. The maximum Gasteiger partial charge on any atom is 0.0540 e. The third-order valence-corrected chi connectivity index (χ3v) is 4.18. The molecule has 0 spiro atoms. The number of nitrogens with two attached hydrogens (primary N) is 1. The van der Waals surface area contributed by atoms with Gasteiger partial charge in [0.05, 0.1) is 6.20 Å². The summed E-state index contributed by atoms with van der Waals surface area (Å²) in [4.78, 5) is 0. The van der Waals surface area contributed by atoms with Gasteiger partial charge in [0.1, 0.15) is 0 Å². The Bertz CT molecular complexity index is 364. The van der Waals surface area contributed by atoms with Crippen LogP contribution < -0.4 is 11.1 Å². The minimum atomic E-state index is 0.252. The first kappa shape index (κ1) is 13.6. The molecule has 1 saturated carbocycles. The monoisotopic (exact) mass is 250 g/mol. The summed E-state index contributed by atoms with van der Waals surface area (Å²) in [7, 11) is 1.98. The molecule has 1 fully saturated rings. The predicted molar refractivity (Wildman–Crippen MR) is 74.4 cm³/mol. The molecule has 1 aromatic heterocycles. The number of nitrogens with one attached hydrogen (secondary N) is 1. The molecular formula is C14H26N4. The molecule has 2 rings (SSSR count). The standard InChI is InChI=1S/C14H26N4/c1-11-13(10-16-18(11)2)14(9-15)17-12-7-5-3-4-6-8-12/h10,12,14,17H,3-9,15H2,1-2H3. The molecule has 0 aliphatic heterocycles. The van der Waals surface area contributed by atoms with E-state index in [9.17, 15) is 0 Å². The molecule has 1 atom stereocenters. The normalized spacial score (nSPS) is 19.7. The highest BCUT2D eigenvalue weighted by atomic mass is 15.3. The van der Waals surface area contributed by atoms with E-state index in [0.29, 0.717) is 12.6 Å². The van der Waals surface area contributed by atoms with Gasteiger partial charge in [-0.25, -0.2) is 0 Å². The van der Waals surface area contributed by atoms with E-state index in [4.69, 9.17) is 5.73 Å². The summed E-state index contributed by atoms with van der Waals surface area (Å²) in [5, 5.41) is 8.06. The molecule has 0 aromatic carbocycles. The number of aryl methyl sites for hydroxylation is 1. The quantitative estimate of drug-likeness (QED) is 0.804. The molecule has 1 heterocycles. The molecule has 1 aromatic rings. The van der Waals surface area contributed by atoms with Crippen LogP contribution in [0.2, 0.25) is 0 Å². The van der Waals surface area contributed by atoms with Crippen LogP contribution in [0, 0.1) is 6.92 Å². The average Bonchev–Trinajstić information content (AvgIpc) is 2.61. The topological polar surface area (TPSA) is 55.9 Å². The predicted octanol–water partition coefficient (Wildman–Crippen LogP) is 2.04. The van der Waals surface area contributed by atoms with Crippen molar-refractivity contribution in [3.8, 4) is 0 Å². The fraction of sp³-hybridized carbons (Fsp3) is 0.786. The van der Waals surface area contributed by atoms with Gasteiger partial charge >= 0.3 is 0 Å². The lowest BCUT2D eigenvalue weighted by Gasteiger charge is -2.24. The van der Waals surface area contributed by atoms with Crippen LogP contribution in [0.4, 0.5) is 0 Å². The van der Waals surface area contributed by atoms with Gasteiger partial charge in [0.15, 0.2) is 0 Å². The van der Waals surface area contributed by atoms with Crippen molar-refractivity contribution in [2.45, 2.75) is 57.5 Å². The SMILES string of the molecule is Cc1c(C(CN)NC2CCCCCC2)cnn1C. The zero-order chi connectivity index (χ0) is 13.0. The Kier molecular flexibility index (Phi) is 4.78. The molecule has 1 aliphatic rings. The molecule has 0 bridgehead atoms. The van der Waals surface area contributed by atoms with Crippen LogP contribution in [0.25, 0.3) is 0 Å². The second kappa shape index (κ2) is 6.34. The summed E-state index contributed by atoms with van der Waals surface area (Å²) in [5.41, 5.74) is 8.41. The van der Waals surface area contributed by atoms with Gasteiger partial charge in [0.2, 0.25) is 0 Å². The van der Waals surface area contributed by atoms with E-state index >= 15 is 0 Å². The summed E-state index contributed by atoms with van der Waals surface area (Å²) in [6.45, 7) is 2.75. The van der Waals surface area contributed by atoms with E-state index in [1.165, 1.54) is 49.8 Å². The maximum atomic E-state index is 5.94. The minimum Gasteiger partial charge on any atom is -0.329 e. The van der Waals surface area contributed by atoms with Gasteiger partial charge in [-0.3, -0.25) is 4.68 Å². The number of rotatable bonds is 4. The Morgan fingerprint density at radius 3 is 2.56 bits per heavy atom. The zero-order valence-corrected chi connectivity index (χ0v) is 11.7. The molecule has 0 saturated heterocycles. The lowest BCUT2D eigenvalue weighted by atomic mass is 10.0. The third-order valence-electron chi connectivity index (χ3n) is 4.18. The Labute approximate surface area is 110 Å². The molecule has 3 N–H and O–H groups in total. The van der Waals surface area contributed by atoms with Crippen LogP contribution in [-0.2, 0) is 7.05 Å². The Balaban J connectivity index is 2.02. The van der Waals surface area contributed by atoms with Crippen molar-refractivity contribution in [1.82, 2.24) is 15.1 Å². The Hall–Kier alpha value is -0.870. The fourth-order valence-electron chi connectivity index (χ4n) is 2.87. The second-order valence-electron chi connectivity index (χ2n) is 5.45. The number of aromatic nitrogens is 2. The van der Waals surface area contributed by atoms with Gasteiger partial charge in [-0.05, 0) is 19.8 Å². The maximum absolute atomic E-state index is 5.94. The first-order valence-corrected chi connectivity index (χ1v) is 7.17. The highest BCUT2D eigenvalue weighted by Gasteiger charge is 2.20. The minimum absolute atomic E-state index is 0.252. The molecule has 4 nitrogen and oxygen atoms in total. The van der Waals surface area contributed by atoms with Crippen LogP contribution in [-0.4, -0.2) is 22.4 Å². The van der Waals surface area contributed by atoms with Crippen molar-refractivity contribution in [2.24, 2.45) is 12.8 Å². The highest BCUT2D eigenvalue weighted by Crippen LogP contribution is 2.22. The van der Waals surface area contributed by atoms with Gasteiger partial charge in [-0.15, -0.1) is 0 Å². The van der Waals surface area contributed by atoms with Gasteiger partial charge in [-0.2, -0.15) is 5.10 Å². The lowest BCUT2D eigenvalue weighted by Crippen LogP contribution is -2.36. The van der Waals surface area contributed by atoms with Gasteiger partial charge in [0, 0.05) is 36.9 Å². The van der Waals surface area contributed by atoms with E-state index < -0.39 is 0 Å². The van der Waals surface area contributed by atoms with E-state index in [2.05, 4.69) is 17.3 Å². The molecule has 4 heteroatoms. The summed E-state index contributed by atoms with van der Waals surface area (Å²) in [6, 6.07) is 0.877. The zero-order valence-electron chi connectivity index (χ0n) is 11.7. The van der Waals surface area contributed by atoms with E-state index in [1.807, 2.05) is 17.9 Å². The largest absolute Gasteiger partial charge is 0.329 e. The van der Waals surface area contributed by atoms with Gasteiger partial charge in [-0.1, -0.05) is 25.7 Å². The third kappa shape index (κ3) is 3.12. The van der Waals surface area contributed by atoms with Crippen LogP contribution in [0.5, 0.6) is 0 Å². The number of nitrogens with zero attached hydrogens (tertiary/aromatic N) is 2. The van der Waals surface area contributed by atoms with Crippen molar-refractivity contribution >= 4 is 0 Å². The smallest absolute Gasteiger partial charge is 0.0540 e. The van der Waals surface area contributed by atoms with Crippen molar-refractivity contribution in [3.63, 3.8) is 0 Å². The van der Waals surface area contributed by atoms with E-state index in [-0.39, 0.29) is 6.04 Å². The average molecular weight is 250 g/mol. The van der Waals surface area contributed by atoms with Gasteiger partial charge < -0.3 is 11.1 Å². The van der Waals surface area contributed by atoms with Crippen LogP contribution >= 0.6 is 0 Å². The number of hydrogen-bond donors (Lipinski definition) is 2. The molecule has 0 radical (unpaired) electrons. The summed E-state index contributed by atoms with van der Waals surface area (Å²) < 4.78 is 1.92. The van der Waals surface area contributed by atoms with Crippen LogP contribution in [0.15, 0.2) is 6.20 Å². The van der Waals surface area contributed by atoms with Crippen LogP contribution in [0.3, 0.4) is 0 Å². The fourth-order valence-corrected chi connectivity index (χ4v) is 2.87. The molecule has 18 heavy (non-hydrogen) atoms. The summed E-state index contributed by atoms with van der Waals surface area (Å²) >= 11 is 0. The Morgan fingerprint density at radius 2 is 2.06 bits per heavy atom. The van der Waals surface area contributed by atoms with Crippen LogP contribution in [0.1, 0.15) is 55.8 Å². The van der Waals surface area contributed by atoms with E-state index in [0.717, 1.165) is 0 Å². The highest BCUT2D eigenvalue weighted by molar-refractivity contribution is 5.21. The first-order chi connectivity index (χ1) is 8.72. The van der Waals surface area contributed by atoms with Crippen molar-refractivity contribution in [1.29, 1.82) is 0 Å². The summed E-state index contributed by atoms with van der Waals surface area (Å²) in [6.07, 6.45) is 10.00. The second-order valence-corrected chi connectivity index (χ2v) is 5.45. The first-order valence-electron chi connectivity index (χ1n) is 7.17. The van der Waals surface area contributed by atoms with Gasteiger partial charge in [0.25, 0.3) is 0 Å². The Morgan fingerprint density at radius 1 is 1.39 bits per heavy atom. The van der Waals surface area contributed by atoms with Crippen molar-refractivity contribution in [3.05, 3.63) is 17.5 Å². The molecule has 102 valence electrons. The van der Waals surface area contributed by atoms with Crippen molar-refractivity contribution < 1.29 is 0 Å². The molecule has 1 unspecified atom stereocenters. The number of hydrogen-bond acceptors (Lipinski definition) is 3. The molecule has 1 aliphatic carbocycles. The molecular weight excluding hydrogens is 224 g/mol. The van der Waals surface area contributed by atoms with E-state index in [1.54, 1.807) is 0 Å². The summed E-state index contributed by atoms with van der Waals surface area (Å²) in [5.74, 6) is 0. The molecule has 0 amide bonds.